The maximum Gasteiger partial charge on any atom is 0.123 e. The van der Waals surface area contributed by atoms with E-state index in [0.717, 1.165) is 25.3 Å². The second kappa shape index (κ2) is 5.58. The topological polar surface area (TPSA) is 39.1 Å². The molecule has 4 heteroatoms. The van der Waals surface area contributed by atoms with Crippen LogP contribution in [0, 0.1) is 22.6 Å². The Morgan fingerprint density at radius 2 is 2.11 bits per heavy atom. The molecule has 1 aromatic rings. The van der Waals surface area contributed by atoms with Gasteiger partial charge in [-0.05, 0) is 29.7 Å². The van der Waals surface area contributed by atoms with E-state index >= 15 is 0 Å². The molecular formula is C15H20FN3. The predicted molar refractivity (Wildman–Crippen MR) is 74.4 cm³/mol. The van der Waals surface area contributed by atoms with Crippen molar-refractivity contribution in [3.63, 3.8) is 0 Å². The lowest BCUT2D eigenvalue weighted by Gasteiger charge is -2.31. The molecule has 0 amide bonds. The summed E-state index contributed by atoms with van der Waals surface area (Å²) in [6.07, 6.45) is 0.494. The minimum absolute atomic E-state index is 0.124. The van der Waals surface area contributed by atoms with E-state index in [9.17, 15) is 4.39 Å². The van der Waals surface area contributed by atoms with E-state index in [4.69, 9.17) is 5.26 Å². The van der Waals surface area contributed by atoms with Crippen LogP contribution in [0.3, 0.4) is 0 Å². The lowest BCUT2D eigenvalue weighted by Crippen LogP contribution is -2.37. The van der Waals surface area contributed by atoms with Gasteiger partial charge in [-0.25, -0.2) is 4.39 Å². The third-order valence-corrected chi connectivity index (χ3v) is 3.46. The zero-order chi connectivity index (χ0) is 13.9. The monoisotopic (exact) mass is 261 g/mol. The molecule has 0 radical (unpaired) electrons. The van der Waals surface area contributed by atoms with E-state index in [-0.39, 0.29) is 17.3 Å². The molecule has 1 N–H and O–H groups in total. The van der Waals surface area contributed by atoms with Gasteiger partial charge in [0, 0.05) is 31.4 Å². The summed E-state index contributed by atoms with van der Waals surface area (Å²) in [5.41, 5.74) is 1.14. The fraction of sp³-hybridized carbons (Fsp3) is 0.533. The van der Waals surface area contributed by atoms with Crippen LogP contribution in [-0.4, -0.2) is 25.7 Å². The van der Waals surface area contributed by atoms with Gasteiger partial charge in [0.15, 0.2) is 0 Å². The summed E-state index contributed by atoms with van der Waals surface area (Å²) in [5, 5.41) is 12.3. The molecule has 0 bridgehead atoms. The first-order chi connectivity index (χ1) is 9.00. The van der Waals surface area contributed by atoms with Crippen molar-refractivity contribution in [1.82, 2.24) is 5.32 Å². The number of halogens is 1. The van der Waals surface area contributed by atoms with Crippen molar-refractivity contribution in [3.8, 4) is 6.07 Å². The molecule has 102 valence electrons. The summed E-state index contributed by atoms with van der Waals surface area (Å²) in [5.74, 6) is -0.218. The molecule has 1 atom stereocenters. The van der Waals surface area contributed by atoms with E-state index < -0.39 is 0 Å². The van der Waals surface area contributed by atoms with Crippen LogP contribution < -0.4 is 10.2 Å². The summed E-state index contributed by atoms with van der Waals surface area (Å²) in [6, 6.07) is 8.97. The standard InChI is InChI=1S/C15H20FN3/c1-15(2)10-18-13(7-8-17)9-19(11-15)14-5-3-12(16)4-6-14/h3-6,13,18H,7,9-11H2,1-2H3. The number of benzene rings is 1. The molecular weight excluding hydrogens is 241 g/mol. The molecule has 3 nitrogen and oxygen atoms in total. The van der Waals surface area contributed by atoms with E-state index in [1.54, 1.807) is 12.1 Å². The molecule has 0 aromatic heterocycles. The highest BCUT2D eigenvalue weighted by atomic mass is 19.1. The molecule has 1 heterocycles. The maximum absolute atomic E-state index is 13.0. The highest BCUT2D eigenvalue weighted by molar-refractivity contribution is 5.47. The number of hydrogen-bond acceptors (Lipinski definition) is 3. The number of rotatable bonds is 2. The molecule has 1 aliphatic rings. The van der Waals surface area contributed by atoms with Crippen molar-refractivity contribution in [2.75, 3.05) is 24.5 Å². The number of anilines is 1. The Bertz CT molecular complexity index is 461. The van der Waals surface area contributed by atoms with Crippen LogP contribution in [0.4, 0.5) is 10.1 Å². The molecule has 1 aliphatic heterocycles. The lowest BCUT2D eigenvalue weighted by molar-refractivity contribution is 0.360. The van der Waals surface area contributed by atoms with Gasteiger partial charge in [-0.3, -0.25) is 0 Å². The summed E-state index contributed by atoms with van der Waals surface area (Å²) >= 11 is 0. The molecule has 19 heavy (non-hydrogen) atoms. The average Bonchev–Trinajstić information content (AvgIpc) is 2.50. The fourth-order valence-electron chi connectivity index (χ4n) is 2.48. The summed E-state index contributed by atoms with van der Waals surface area (Å²) in [4.78, 5) is 2.24. The minimum Gasteiger partial charge on any atom is -0.369 e. The molecule has 0 aliphatic carbocycles. The summed E-state index contributed by atoms with van der Waals surface area (Å²) in [6.45, 7) is 6.96. The van der Waals surface area contributed by atoms with E-state index in [2.05, 4.69) is 30.1 Å². The lowest BCUT2D eigenvalue weighted by atomic mass is 9.93. The second-order valence-electron chi connectivity index (χ2n) is 5.96. The highest BCUT2D eigenvalue weighted by Crippen LogP contribution is 2.25. The minimum atomic E-state index is -0.218. The first-order valence-corrected chi connectivity index (χ1v) is 6.61. The van der Waals surface area contributed by atoms with E-state index in [0.29, 0.717) is 6.42 Å². The Morgan fingerprint density at radius 3 is 2.74 bits per heavy atom. The van der Waals surface area contributed by atoms with Gasteiger partial charge in [0.1, 0.15) is 5.82 Å². The first kappa shape index (κ1) is 13.8. The Balaban J connectivity index is 2.20. The quantitative estimate of drug-likeness (QED) is 0.889. The largest absolute Gasteiger partial charge is 0.369 e. The smallest absolute Gasteiger partial charge is 0.123 e. The fourth-order valence-corrected chi connectivity index (χ4v) is 2.48. The number of nitriles is 1. The zero-order valence-corrected chi connectivity index (χ0v) is 11.5. The van der Waals surface area contributed by atoms with Crippen molar-refractivity contribution < 1.29 is 4.39 Å². The van der Waals surface area contributed by atoms with Gasteiger partial charge in [0.05, 0.1) is 12.5 Å². The molecule has 0 saturated carbocycles. The number of nitrogens with one attached hydrogen (secondary N) is 1. The van der Waals surface area contributed by atoms with Crippen molar-refractivity contribution in [1.29, 1.82) is 5.26 Å². The number of hydrogen-bond donors (Lipinski definition) is 1. The second-order valence-corrected chi connectivity index (χ2v) is 5.96. The van der Waals surface area contributed by atoms with Gasteiger partial charge in [-0.2, -0.15) is 5.26 Å². The van der Waals surface area contributed by atoms with Crippen LogP contribution in [0.5, 0.6) is 0 Å². The van der Waals surface area contributed by atoms with Crippen molar-refractivity contribution in [3.05, 3.63) is 30.1 Å². The third kappa shape index (κ3) is 3.68. The normalized spacial score (nSPS) is 22.6. The molecule has 0 spiro atoms. The Morgan fingerprint density at radius 1 is 1.42 bits per heavy atom. The van der Waals surface area contributed by atoms with E-state index in [1.807, 2.05) is 0 Å². The van der Waals surface area contributed by atoms with Gasteiger partial charge >= 0.3 is 0 Å². The summed E-state index contributed by atoms with van der Waals surface area (Å²) < 4.78 is 13.0. The van der Waals surface area contributed by atoms with Crippen LogP contribution >= 0.6 is 0 Å². The van der Waals surface area contributed by atoms with Gasteiger partial charge in [-0.15, -0.1) is 0 Å². The van der Waals surface area contributed by atoms with Crippen LogP contribution in [0.15, 0.2) is 24.3 Å². The highest BCUT2D eigenvalue weighted by Gasteiger charge is 2.28. The van der Waals surface area contributed by atoms with Crippen molar-refractivity contribution in [2.45, 2.75) is 26.3 Å². The third-order valence-electron chi connectivity index (χ3n) is 3.46. The molecule has 2 rings (SSSR count). The van der Waals surface area contributed by atoms with Crippen molar-refractivity contribution in [2.24, 2.45) is 5.41 Å². The predicted octanol–water partition coefficient (Wildman–Crippen LogP) is 2.54. The van der Waals surface area contributed by atoms with Crippen LogP contribution in [0.1, 0.15) is 20.3 Å². The Labute approximate surface area is 114 Å². The summed E-state index contributed by atoms with van der Waals surface area (Å²) in [7, 11) is 0. The van der Waals surface area contributed by atoms with Gasteiger partial charge in [0.25, 0.3) is 0 Å². The SMILES string of the molecule is CC1(C)CNC(CC#N)CN(c2ccc(F)cc2)C1. The zero-order valence-electron chi connectivity index (χ0n) is 11.5. The molecule has 1 aromatic carbocycles. The Hall–Kier alpha value is -1.60. The van der Waals surface area contributed by atoms with Crippen molar-refractivity contribution >= 4 is 5.69 Å². The van der Waals surface area contributed by atoms with Gasteiger partial charge in [-0.1, -0.05) is 13.8 Å². The maximum atomic E-state index is 13.0. The molecule has 1 unspecified atom stereocenters. The van der Waals surface area contributed by atoms with E-state index in [1.165, 1.54) is 12.1 Å². The average molecular weight is 261 g/mol. The number of nitrogens with zero attached hydrogens (tertiary/aromatic N) is 2. The molecule has 1 saturated heterocycles. The van der Waals surface area contributed by atoms with Gasteiger partial charge < -0.3 is 10.2 Å². The van der Waals surface area contributed by atoms with Crippen LogP contribution in [0.2, 0.25) is 0 Å². The van der Waals surface area contributed by atoms with Crippen LogP contribution in [-0.2, 0) is 0 Å². The van der Waals surface area contributed by atoms with Crippen LogP contribution in [0.25, 0.3) is 0 Å². The van der Waals surface area contributed by atoms with Gasteiger partial charge in [0.2, 0.25) is 0 Å². The molecule has 1 fully saturated rings. The first-order valence-electron chi connectivity index (χ1n) is 6.61. The Kier molecular flexibility index (Phi) is 4.06.